The van der Waals surface area contributed by atoms with Gasteiger partial charge in [-0.1, -0.05) is 11.3 Å². The van der Waals surface area contributed by atoms with Gasteiger partial charge in [0, 0.05) is 34.8 Å². The Labute approximate surface area is 190 Å². The number of piperidine rings is 1. The lowest BCUT2D eigenvalue weighted by Gasteiger charge is -2.51. The van der Waals surface area contributed by atoms with Gasteiger partial charge in [0.05, 0.1) is 29.1 Å². The molecular formula is C23H28FN5O2S. The quantitative estimate of drug-likeness (QED) is 0.613. The van der Waals surface area contributed by atoms with Crippen LogP contribution in [-0.4, -0.2) is 57.2 Å². The molecule has 0 unspecified atom stereocenters. The minimum absolute atomic E-state index is 0.0974. The minimum atomic E-state index is -1.03. The van der Waals surface area contributed by atoms with E-state index in [-0.39, 0.29) is 17.3 Å². The standard InChI is InChI=1S/C23H28FN5O2S/c1-22(2)11-16(19(24)23(3,4)28-22)29-7-6-12-8-14(26-27-20(12)29)13-9-18-15(10-17(13)30)25-21(31-5)32-18/h8-10,16,19,28,30H,6-7,11H2,1-5H3/t16-,19-/m0/s1. The summed E-state index contributed by atoms with van der Waals surface area (Å²) in [7, 11) is 1.57. The Kier molecular flexibility index (Phi) is 4.83. The molecule has 2 aromatic heterocycles. The highest BCUT2D eigenvalue weighted by atomic mass is 32.1. The topological polar surface area (TPSA) is 83.4 Å². The minimum Gasteiger partial charge on any atom is -0.507 e. The monoisotopic (exact) mass is 457 g/mol. The van der Waals surface area contributed by atoms with Crippen LogP contribution in [0.4, 0.5) is 10.2 Å². The van der Waals surface area contributed by atoms with Gasteiger partial charge in [0.2, 0.25) is 0 Å². The normalized spacial score (nSPS) is 24.0. The molecule has 0 spiro atoms. The Bertz CT molecular complexity index is 1190. The zero-order chi connectivity index (χ0) is 22.8. The molecule has 1 saturated heterocycles. The van der Waals surface area contributed by atoms with Crippen molar-refractivity contribution in [2.75, 3.05) is 18.6 Å². The zero-order valence-corrected chi connectivity index (χ0v) is 19.8. The van der Waals surface area contributed by atoms with Crippen LogP contribution in [0.2, 0.25) is 0 Å². The maximum absolute atomic E-state index is 15.5. The second-order valence-corrected chi connectivity index (χ2v) is 10.9. The van der Waals surface area contributed by atoms with E-state index in [4.69, 9.17) is 4.74 Å². The van der Waals surface area contributed by atoms with E-state index in [1.54, 1.807) is 13.2 Å². The predicted octanol–water partition coefficient (Wildman–Crippen LogP) is 4.09. The molecule has 0 saturated carbocycles. The molecule has 0 aliphatic carbocycles. The van der Waals surface area contributed by atoms with Gasteiger partial charge in [0.1, 0.15) is 11.9 Å². The van der Waals surface area contributed by atoms with Crippen LogP contribution in [0.25, 0.3) is 21.5 Å². The van der Waals surface area contributed by atoms with Crippen LogP contribution in [0.1, 0.15) is 39.7 Å². The smallest absolute Gasteiger partial charge is 0.274 e. The van der Waals surface area contributed by atoms with Crippen LogP contribution in [-0.2, 0) is 6.42 Å². The molecule has 0 amide bonds. The highest BCUT2D eigenvalue weighted by Gasteiger charge is 2.49. The van der Waals surface area contributed by atoms with Crippen molar-refractivity contribution in [3.05, 3.63) is 23.8 Å². The lowest BCUT2D eigenvalue weighted by molar-refractivity contribution is 0.0555. The first-order chi connectivity index (χ1) is 15.1. The number of fused-ring (bicyclic) bond motifs is 2. The molecule has 1 fully saturated rings. The third kappa shape index (κ3) is 3.47. The molecule has 0 bridgehead atoms. The number of nitrogens with zero attached hydrogens (tertiary/aromatic N) is 4. The Balaban J connectivity index is 1.49. The summed E-state index contributed by atoms with van der Waals surface area (Å²) in [5.74, 6) is 0.843. The highest BCUT2D eigenvalue weighted by Crippen LogP contribution is 2.41. The second-order valence-electron chi connectivity index (χ2n) is 9.95. The fourth-order valence-electron chi connectivity index (χ4n) is 5.25. The summed E-state index contributed by atoms with van der Waals surface area (Å²) in [6.07, 6.45) is 0.424. The van der Waals surface area contributed by atoms with Crippen LogP contribution in [0, 0.1) is 0 Å². The van der Waals surface area contributed by atoms with Crippen molar-refractivity contribution in [2.24, 2.45) is 0 Å². The Morgan fingerprint density at radius 3 is 2.75 bits per heavy atom. The number of alkyl halides is 1. The summed E-state index contributed by atoms with van der Waals surface area (Å²) in [6.45, 7) is 8.79. The van der Waals surface area contributed by atoms with Gasteiger partial charge in [-0.15, -0.1) is 10.2 Å². The Hall–Kier alpha value is -2.52. The molecule has 5 rings (SSSR count). The van der Waals surface area contributed by atoms with E-state index >= 15 is 4.39 Å². The number of aromatic nitrogens is 3. The maximum Gasteiger partial charge on any atom is 0.274 e. The van der Waals surface area contributed by atoms with Crippen molar-refractivity contribution >= 4 is 27.4 Å². The number of phenols is 1. The molecule has 9 heteroatoms. The van der Waals surface area contributed by atoms with Gasteiger partial charge in [-0.25, -0.2) is 9.37 Å². The number of hydrogen-bond acceptors (Lipinski definition) is 8. The van der Waals surface area contributed by atoms with E-state index in [1.807, 2.05) is 26.0 Å². The van der Waals surface area contributed by atoms with Crippen LogP contribution in [0.5, 0.6) is 10.9 Å². The molecule has 3 aromatic rings. The number of benzene rings is 1. The molecule has 4 heterocycles. The third-order valence-corrected chi connectivity index (χ3v) is 7.47. The van der Waals surface area contributed by atoms with Gasteiger partial charge in [-0.2, -0.15) is 0 Å². The molecular weight excluding hydrogens is 429 g/mol. The number of rotatable bonds is 3. The predicted molar refractivity (Wildman–Crippen MR) is 125 cm³/mol. The number of anilines is 1. The maximum atomic E-state index is 15.5. The zero-order valence-electron chi connectivity index (χ0n) is 18.9. The van der Waals surface area contributed by atoms with Crippen LogP contribution in [0.15, 0.2) is 18.2 Å². The average molecular weight is 458 g/mol. The summed E-state index contributed by atoms with van der Waals surface area (Å²) < 4.78 is 21.6. The number of halogens is 1. The number of phenolic OH excluding ortho intramolecular Hbond substituents is 1. The van der Waals surface area contributed by atoms with Crippen molar-refractivity contribution in [3.63, 3.8) is 0 Å². The van der Waals surface area contributed by atoms with Crippen molar-refractivity contribution in [2.45, 2.75) is 63.8 Å². The Morgan fingerprint density at radius 2 is 2.00 bits per heavy atom. The van der Waals surface area contributed by atoms with Gasteiger partial charge in [-0.05, 0) is 52.7 Å². The number of nitrogens with one attached hydrogen (secondary N) is 1. The van der Waals surface area contributed by atoms with Crippen LogP contribution < -0.4 is 15.0 Å². The molecule has 32 heavy (non-hydrogen) atoms. The summed E-state index contributed by atoms with van der Waals surface area (Å²) >= 11 is 1.41. The third-order valence-electron chi connectivity index (χ3n) is 6.49. The largest absolute Gasteiger partial charge is 0.507 e. The summed E-state index contributed by atoms with van der Waals surface area (Å²) in [6, 6.07) is 5.19. The number of thiazole rings is 1. The molecule has 1 aromatic carbocycles. The lowest BCUT2D eigenvalue weighted by Crippen LogP contribution is -2.69. The summed E-state index contributed by atoms with van der Waals surface area (Å²) in [4.78, 5) is 6.41. The van der Waals surface area contributed by atoms with Crippen molar-refractivity contribution in [1.29, 1.82) is 0 Å². The molecule has 2 atom stereocenters. The molecule has 2 aliphatic rings. The van der Waals surface area contributed by atoms with E-state index in [9.17, 15) is 5.11 Å². The average Bonchev–Trinajstić information content (AvgIpc) is 3.32. The van der Waals surface area contributed by atoms with Gasteiger partial charge >= 0.3 is 0 Å². The number of hydrogen-bond donors (Lipinski definition) is 2. The number of methoxy groups -OCH3 is 1. The Morgan fingerprint density at radius 1 is 1.22 bits per heavy atom. The first-order valence-corrected chi connectivity index (χ1v) is 11.6. The second kappa shape index (κ2) is 7.25. The van der Waals surface area contributed by atoms with Gasteiger partial charge in [0.25, 0.3) is 5.19 Å². The fraction of sp³-hybridized carbons (Fsp3) is 0.522. The fourth-order valence-corrected chi connectivity index (χ4v) is 6.05. The van der Waals surface area contributed by atoms with E-state index in [2.05, 4.69) is 39.2 Å². The molecule has 170 valence electrons. The molecule has 0 radical (unpaired) electrons. The van der Waals surface area contributed by atoms with Gasteiger partial charge < -0.3 is 20.1 Å². The van der Waals surface area contributed by atoms with E-state index in [0.717, 1.165) is 22.5 Å². The number of aromatic hydroxyl groups is 1. The highest BCUT2D eigenvalue weighted by molar-refractivity contribution is 7.20. The van der Waals surface area contributed by atoms with E-state index in [1.165, 1.54) is 11.3 Å². The summed E-state index contributed by atoms with van der Waals surface area (Å²) in [5, 5.41) is 23.5. The van der Waals surface area contributed by atoms with Gasteiger partial charge in [0.15, 0.2) is 5.82 Å². The molecule has 2 N–H and O–H groups in total. The van der Waals surface area contributed by atoms with E-state index in [0.29, 0.717) is 34.9 Å². The lowest BCUT2D eigenvalue weighted by atomic mass is 9.77. The first-order valence-electron chi connectivity index (χ1n) is 10.8. The van der Waals surface area contributed by atoms with Gasteiger partial charge in [-0.3, -0.25) is 0 Å². The van der Waals surface area contributed by atoms with E-state index < -0.39 is 11.7 Å². The van der Waals surface area contributed by atoms with Crippen LogP contribution >= 0.6 is 11.3 Å². The number of ether oxygens (including phenoxy) is 1. The molecule has 7 nitrogen and oxygen atoms in total. The SMILES string of the molecule is COc1nc2cc(O)c(-c3cc4c(nn3)N([C@H]3CC(C)(C)NC(C)(C)[C@H]3F)CC4)cc2s1. The first kappa shape index (κ1) is 21.3. The van der Waals surface area contributed by atoms with Crippen molar-refractivity contribution in [3.8, 4) is 22.2 Å². The molecule has 2 aliphatic heterocycles. The van der Waals surface area contributed by atoms with Crippen molar-refractivity contribution < 1.29 is 14.2 Å². The van der Waals surface area contributed by atoms with Crippen LogP contribution in [0.3, 0.4) is 0 Å². The summed E-state index contributed by atoms with van der Waals surface area (Å²) in [5.41, 5.74) is 2.10. The van der Waals surface area contributed by atoms with Crippen molar-refractivity contribution in [1.82, 2.24) is 20.5 Å².